The molecule has 0 unspecified atom stereocenters. The monoisotopic (exact) mass is 450 g/mol. The van der Waals surface area contributed by atoms with Crippen LogP contribution in [0.15, 0.2) is 78.3 Å². The van der Waals surface area contributed by atoms with Crippen LogP contribution in [0.5, 0.6) is 0 Å². The van der Waals surface area contributed by atoms with E-state index in [2.05, 4.69) is 35.4 Å². The summed E-state index contributed by atoms with van der Waals surface area (Å²) in [5, 5.41) is 10.3. The van der Waals surface area contributed by atoms with Gasteiger partial charge in [-0.2, -0.15) is 5.10 Å². The number of rotatable bonds is 9. The van der Waals surface area contributed by atoms with Gasteiger partial charge in [-0.25, -0.2) is 32.8 Å². The summed E-state index contributed by atoms with van der Waals surface area (Å²) in [5.74, 6) is 1.83. The van der Waals surface area contributed by atoms with Crippen LogP contribution in [0.25, 0.3) is 5.69 Å². The van der Waals surface area contributed by atoms with Crippen molar-refractivity contribution in [3.63, 3.8) is 0 Å². The highest BCUT2D eigenvalue weighted by Crippen LogP contribution is 2.15. The molecule has 0 aliphatic carbocycles. The number of hydrogen-bond acceptors (Lipinski definition) is 8. The fourth-order valence-electron chi connectivity index (χ4n) is 2.92. The van der Waals surface area contributed by atoms with E-state index in [0.29, 0.717) is 24.0 Å². The minimum absolute atomic E-state index is 0.188. The molecule has 3 aromatic heterocycles. The first-order valence-corrected chi connectivity index (χ1v) is 11.3. The Morgan fingerprint density at radius 3 is 2.44 bits per heavy atom. The van der Waals surface area contributed by atoms with Crippen molar-refractivity contribution in [3.05, 3.63) is 79.0 Å². The van der Waals surface area contributed by atoms with Crippen molar-refractivity contribution >= 4 is 27.5 Å². The number of aryl methyl sites for hydroxylation is 1. The summed E-state index contributed by atoms with van der Waals surface area (Å²) in [6.07, 6.45) is 6.59. The molecule has 0 aliphatic heterocycles. The number of nitrogens with zero attached hydrogens (tertiary/aromatic N) is 5. The van der Waals surface area contributed by atoms with E-state index in [-0.39, 0.29) is 11.4 Å². The minimum atomic E-state index is -3.63. The number of nitrogens with one attached hydrogen (secondary N) is 3. The third-order valence-electron chi connectivity index (χ3n) is 4.48. The zero-order chi connectivity index (χ0) is 22.4. The highest BCUT2D eigenvalue weighted by molar-refractivity contribution is 7.89. The van der Waals surface area contributed by atoms with Crippen LogP contribution in [0.1, 0.15) is 5.56 Å². The zero-order valence-corrected chi connectivity index (χ0v) is 18.1. The quantitative estimate of drug-likeness (QED) is 0.332. The molecular weight excluding hydrogens is 428 g/mol. The Bertz CT molecular complexity index is 1280. The van der Waals surface area contributed by atoms with E-state index in [1.807, 2.05) is 19.1 Å². The second-order valence-corrected chi connectivity index (χ2v) is 8.67. The predicted molar refractivity (Wildman–Crippen MR) is 122 cm³/mol. The molecule has 32 heavy (non-hydrogen) atoms. The van der Waals surface area contributed by atoms with Gasteiger partial charge in [0.15, 0.2) is 0 Å². The van der Waals surface area contributed by atoms with Gasteiger partial charge in [-0.3, -0.25) is 0 Å². The van der Waals surface area contributed by atoms with Gasteiger partial charge in [0.25, 0.3) is 0 Å². The molecule has 3 heterocycles. The van der Waals surface area contributed by atoms with Gasteiger partial charge < -0.3 is 10.6 Å². The SMILES string of the molecule is Cc1ccnc(Nc2cc(NCCNS(=O)(=O)c3ccc(-n4cccn4)cc3)ncn2)c1. The molecule has 1 aromatic carbocycles. The van der Waals surface area contributed by atoms with E-state index in [9.17, 15) is 8.42 Å². The van der Waals surface area contributed by atoms with Gasteiger partial charge in [0, 0.05) is 37.7 Å². The molecule has 11 heteroatoms. The zero-order valence-electron chi connectivity index (χ0n) is 17.3. The van der Waals surface area contributed by atoms with Crippen molar-refractivity contribution in [1.82, 2.24) is 29.5 Å². The number of benzene rings is 1. The summed E-state index contributed by atoms with van der Waals surface area (Å²) < 4.78 is 29.3. The summed E-state index contributed by atoms with van der Waals surface area (Å²) in [6.45, 7) is 2.52. The topological polar surface area (TPSA) is 127 Å². The minimum Gasteiger partial charge on any atom is -0.369 e. The lowest BCUT2D eigenvalue weighted by molar-refractivity contribution is 0.583. The van der Waals surface area contributed by atoms with Crippen molar-refractivity contribution in [1.29, 1.82) is 0 Å². The number of sulfonamides is 1. The molecule has 164 valence electrons. The van der Waals surface area contributed by atoms with Gasteiger partial charge in [-0.05, 0) is 55.0 Å². The van der Waals surface area contributed by atoms with Crippen LogP contribution in [-0.4, -0.2) is 46.2 Å². The summed E-state index contributed by atoms with van der Waals surface area (Å²) in [7, 11) is -3.63. The molecule has 3 N–H and O–H groups in total. The first-order valence-electron chi connectivity index (χ1n) is 9.85. The van der Waals surface area contributed by atoms with Crippen LogP contribution in [-0.2, 0) is 10.0 Å². The standard InChI is InChI=1S/C21H22N8O2S/c1-16-7-9-22-20(13-16)28-21-14-19(24-15-25-21)23-10-11-27-32(30,31)18-5-3-17(4-6-18)29-12-2-8-26-29/h2-9,12-15,27H,10-11H2,1H3,(H2,22,23,24,25,28). The van der Waals surface area contributed by atoms with Crippen molar-refractivity contribution in [3.8, 4) is 5.69 Å². The Labute approximate surface area is 185 Å². The van der Waals surface area contributed by atoms with Gasteiger partial charge in [0.05, 0.1) is 10.6 Å². The van der Waals surface area contributed by atoms with Gasteiger partial charge in [-0.1, -0.05) is 0 Å². The van der Waals surface area contributed by atoms with E-state index in [4.69, 9.17) is 0 Å². The fraction of sp³-hybridized carbons (Fsp3) is 0.143. The highest BCUT2D eigenvalue weighted by atomic mass is 32.2. The van der Waals surface area contributed by atoms with Crippen molar-refractivity contribution in [2.45, 2.75) is 11.8 Å². The van der Waals surface area contributed by atoms with Gasteiger partial charge >= 0.3 is 0 Å². The third-order valence-corrected chi connectivity index (χ3v) is 5.95. The van der Waals surface area contributed by atoms with Crippen LogP contribution < -0.4 is 15.4 Å². The van der Waals surface area contributed by atoms with Crippen molar-refractivity contribution in [2.75, 3.05) is 23.7 Å². The number of anilines is 3. The largest absolute Gasteiger partial charge is 0.369 e. The van der Waals surface area contributed by atoms with E-state index >= 15 is 0 Å². The molecule has 10 nitrogen and oxygen atoms in total. The fourth-order valence-corrected chi connectivity index (χ4v) is 3.95. The molecule has 4 aromatic rings. The average Bonchev–Trinajstić information content (AvgIpc) is 3.32. The number of pyridine rings is 1. The van der Waals surface area contributed by atoms with Crippen molar-refractivity contribution < 1.29 is 8.42 Å². The van der Waals surface area contributed by atoms with Crippen LogP contribution in [0.4, 0.5) is 17.5 Å². The van der Waals surface area contributed by atoms with Crippen molar-refractivity contribution in [2.24, 2.45) is 0 Å². The lowest BCUT2D eigenvalue weighted by Gasteiger charge is -2.10. The average molecular weight is 451 g/mol. The smallest absolute Gasteiger partial charge is 0.240 e. The Balaban J connectivity index is 1.30. The molecule has 0 atom stereocenters. The summed E-state index contributed by atoms with van der Waals surface area (Å²) in [4.78, 5) is 12.8. The molecule has 0 bridgehead atoms. The van der Waals surface area contributed by atoms with Crippen LogP contribution >= 0.6 is 0 Å². The second-order valence-electron chi connectivity index (χ2n) is 6.90. The maximum absolute atomic E-state index is 12.5. The molecule has 0 saturated heterocycles. The van der Waals surface area contributed by atoms with Crippen LogP contribution in [0, 0.1) is 6.92 Å². The Morgan fingerprint density at radius 2 is 1.69 bits per heavy atom. The summed E-state index contributed by atoms with van der Waals surface area (Å²) in [5.41, 5.74) is 1.86. The Morgan fingerprint density at radius 1 is 0.906 bits per heavy atom. The predicted octanol–water partition coefficient (Wildman–Crippen LogP) is 2.50. The molecule has 0 amide bonds. The third kappa shape index (κ3) is 5.45. The second kappa shape index (κ2) is 9.54. The summed E-state index contributed by atoms with van der Waals surface area (Å²) in [6, 6.07) is 13.9. The normalized spacial score (nSPS) is 11.3. The number of aromatic nitrogens is 5. The van der Waals surface area contributed by atoms with Gasteiger partial charge in [-0.15, -0.1) is 0 Å². The maximum atomic E-state index is 12.5. The van der Waals surface area contributed by atoms with E-state index in [0.717, 1.165) is 11.3 Å². The van der Waals surface area contributed by atoms with Crippen LogP contribution in [0.2, 0.25) is 0 Å². The lowest BCUT2D eigenvalue weighted by atomic mass is 10.3. The molecular formula is C21H22N8O2S. The van der Waals surface area contributed by atoms with Crippen LogP contribution in [0.3, 0.4) is 0 Å². The first-order chi connectivity index (χ1) is 15.5. The molecule has 0 fully saturated rings. The van der Waals surface area contributed by atoms with E-state index in [1.54, 1.807) is 59.7 Å². The number of hydrogen-bond donors (Lipinski definition) is 3. The molecule has 0 radical (unpaired) electrons. The molecule has 0 spiro atoms. The molecule has 0 aliphatic rings. The molecule has 0 saturated carbocycles. The highest BCUT2D eigenvalue weighted by Gasteiger charge is 2.13. The summed E-state index contributed by atoms with van der Waals surface area (Å²) >= 11 is 0. The van der Waals surface area contributed by atoms with E-state index in [1.165, 1.54) is 6.33 Å². The van der Waals surface area contributed by atoms with Gasteiger partial charge in [0.2, 0.25) is 10.0 Å². The maximum Gasteiger partial charge on any atom is 0.240 e. The Hall–Kier alpha value is -3.83. The molecule has 4 rings (SSSR count). The Kier molecular flexibility index (Phi) is 6.38. The van der Waals surface area contributed by atoms with Gasteiger partial charge in [0.1, 0.15) is 23.8 Å². The lowest BCUT2D eigenvalue weighted by Crippen LogP contribution is -2.29. The van der Waals surface area contributed by atoms with E-state index < -0.39 is 10.0 Å². The first kappa shape index (κ1) is 21.4.